The second-order valence-electron chi connectivity index (χ2n) is 2.44. The van der Waals surface area contributed by atoms with E-state index >= 15 is 0 Å². The lowest BCUT2D eigenvalue weighted by atomic mass is 9.95. The first-order valence-corrected chi connectivity index (χ1v) is 4.43. The zero-order chi connectivity index (χ0) is 8.48. The zero-order valence-electron chi connectivity index (χ0n) is 6.13. The molecular formula is C7H9IO3. The fraction of sp³-hybridized carbons (Fsp3) is 0.571. The maximum Gasteiger partial charge on any atom is 0.205 e. The van der Waals surface area contributed by atoms with Crippen molar-refractivity contribution in [1.29, 1.82) is 0 Å². The maximum absolute atomic E-state index is 11.1. The first kappa shape index (κ1) is 8.99. The van der Waals surface area contributed by atoms with Crippen LogP contribution in [0, 0.1) is 0 Å². The molecule has 1 aliphatic rings. The third-order valence-electron chi connectivity index (χ3n) is 1.72. The monoisotopic (exact) mass is 268 g/mol. The highest BCUT2D eigenvalue weighted by Crippen LogP contribution is 2.24. The molecule has 1 rings (SSSR count). The Bertz CT molecular complexity index is 212. The number of hydrogen-bond donors (Lipinski definition) is 1. The Hall–Kier alpha value is -0.100. The van der Waals surface area contributed by atoms with Crippen molar-refractivity contribution in [3.63, 3.8) is 0 Å². The van der Waals surface area contributed by atoms with E-state index in [0.29, 0.717) is 10.2 Å². The van der Waals surface area contributed by atoms with Gasteiger partial charge in [-0.05, 0) is 29.0 Å². The average Bonchev–Trinajstić information content (AvgIpc) is 1.98. The predicted molar refractivity (Wildman–Crippen MR) is 48.3 cm³/mol. The number of carbonyl (C=O) groups excluding carboxylic acids is 1. The second-order valence-corrected chi connectivity index (χ2v) is 3.50. The summed E-state index contributed by atoms with van der Waals surface area (Å²) >= 11 is 1.94. The van der Waals surface area contributed by atoms with Gasteiger partial charge in [-0.2, -0.15) is 0 Å². The Morgan fingerprint density at radius 1 is 1.91 bits per heavy atom. The molecule has 0 fully saturated rings. The number of ether oxygens (including phenoxy) is 1. The SMILES string of the molecule is CC[C@]1(O)C=C(I)OCC1=O. The van der Waals surface area contributed by atoms with Crippen LogP contribution in [0.5, 0.6) is 0 Å². The van der Waals surface area contributed by atoms with Crippen molar-refractivity contribution in [1.82, 2.24) is 0 Å². The van der Waals surface area contributed by atoms with E-state index in [-0.39, 0.29) is 12.4 Å². The van der Waals surface area contributed by atoms with Crippen LogP contribution in [0.2, 0.25) is 0 Å². The molecule has 11 heavy (non-hydrogen) atoms. The molecule has 0 aromatic carbocycles. The smallest absolute Gasteiger partial charge is 0.205 e. The lowest BCUT2D eigenvalue weighted by Gasteiger charge is -2.25. The number of Topliss-reactive ketones (excluding diaryl/α,β-unsaturated/α-hetero) is 1. The maximum atomic E-state index is 11.1. The highest BCUT2D eigenvalue weighted by molar-refractivity contribution is 14.1. The Kier molecular flexibility index (Phi) is 2.54. The molecule has 0 spiro atoms. The fourth-order valence-electron chi connectivity index (χ4n) is 0.869. The summed E-state index contributed by atoms with van der Waals surface area (Å²) in [7, 11) is 0. The fourth-order valence-corrected chi connectivity index (χ4v) is 1.54. The Labute approximate surface area is 78.6 Å². The van der Waals surface area contributed by atoms with Gasteiger partial charge in [0.15, 0.2) is 10.4 Å². The van der Waals surface area contributed by atoms with E-state index in [2.05, 4.69) is 0 Å². The van der Waals surface area contributed by atoms with Crippen molar-refractivity contribution in [2.75, 3.05) is 6.61 Å². The van der Waals surface area contributed by atoms with Gasteiger partial charge in [-0.15, -0.1) is 0 Å². The molecule has 0 unspecified atom stereocenters. The summed E-state index contributed by atoms with van der Waals surface area (Å²) in [6.07, 6.45) is 1.86. The number of ketones is 1. The number of carbonyl (C=O) groups is 1. The number of halogens is 1. The molecule has 1 heterocycles. The number of aliphatic hydroxyl groups is 1. The lowest BCUT2D eigenvalue weighted by Crippen LogP contribution is -2.41. The van der Waals surface area contributed by atoms with Crippen molar-refractivity contribution in [2.45, 2.75) is 18.9 Å². The van der Waals surface area contributed by atoms with Gasteiger partial charge in [0.05, 0.1) is 0 Å². The van der Waals surface area contributed by atoms with Crippen LogP contribution in [0.25, 0.3) is 0 Å². The standard InChI is InChI=1S/C7H9IO3/c1-2-7(10)3-6(8)11-4-5(7)9/h3,10H,2,4H2,1H3/t7-/m0/s1. The van der Waals surface area contributed by atoms with Crippen LogP contribution in [-0.2, 0) is 9.53 Å². The van der Waals surface area contributed by atoms with Crippen molar-refractivity contribution >= 4 is 28.4 Å². The molecule has 0 aromatic rings. The third kappa shape index (κ3) is 1.73. The van der Waals surface area contributed by atoms with Crippen molar-refractivity contribution in [3.05, 3.63) is 9.84 Å². The summed E-state index contributed by atoms with van der Waals surface area (Å²) in [5.41, 5.74) is -1.28. The van der Waals surface area contributed by atoms with Gasteiger partial charge in [0.25, 0.3) is 0 Å². The van der Waals surface area contributed by atoms with Crippen LogP contribution in [0.4, 0.5) is 0 Å². The summed E-state index contributed by atoms with van der Waals surface area (Å²) in [6, 6.07) is 0. The summed E-state index contributed by atoms with van der Waals surface area (Å²) in [4.78, 5) is 11.1. The molecule has 0 aliphatic carbocycles. The normalized spacial score (nSPS) is 31.2. The van der Waals surface area contributed by atoms with E-state index in [9.17, 15) is 9.90 Å². The van der Waals surface area contributed by atoms with Crippen LogP contribution >= 0.6 is 22.6 Å². The number of rotatable bonds is 1. The van der Waals surface area contributed by atoms with Gasteiger partial charge in [0.1, 0.15) is 5.60 Å². The molecular weight excluding hydrogens is 259 g/mol. The molecule has 62 valence electrons. The molecule has 1 atom stereocenters. The molecule has 0 saturated heterocycles. The molecule has 0 bridgehead atoms. The van der Waals surface area contributed by atoms with E-state index in [0.717, 1.165) is 0 Å². The van der Waals surface area contributed by atoms with Gasteiger partial charge < -0.3 is 9.84 Å². The third-order valence-corrected chi connectivity index (χ3v) is 2.34. The summed E-state index contributed by atoms with van der Waals surface area (Å²) < 4.78 is 5.51. The van der Waals surface area contributed by atoms with Crippen LogP contribution in [0.3, 0.4) is 0 Å². The van der Waals surface area contributed by atoms with Gasteiger partial charge in [-0.3, -0.25) is 4.79 Å². The molecule has 0 saturated carbocycles. The van der Waals surface area contributed by atoms with E-state index in [1.165, 1.54) is 6.08 Å². The van der Waals surface area contributed by atoms with Crippen LogP contribution in [0.15, 0.2) is 9.84 Å². The predicted octanol–water partition coefficient (Wildman–Crippen LogP) is 1.00. The minimum absolute atomic E-state index is 0.0148. The average molecular weight is 268 g/mol. The molecule has 1 aliphatic heterocycles. The molecule has 3 nitrogen and oxygen atoms in total. The quantitative estimate of drug-likeness (QED) is 0.722. The van der Waals surface area contributed by atoms with Crippen LogP contribution in [-0.4, -0.2) is 23.1 Å². The van der Waals surface area contributed by atoms with E-state index in [1.54, 1.807) is 6.92 Å². The zero-order valence-corrected chi connectivity index (χ0v) is 8.29. The lowest BCUT2D eigenvalue weighted by molar-refractivity contribution is -0.138. The topological polar surface area (TPSA) is 46.5 Å². The summed E-state index contributed by atoms with van der Waals surface area (Å²) in [6.45, 7) is 1.75. The molecule has 0 radical (unpaired) electrons. The summed E-state index contributed by atoms with van der Waals surface area (Å²) in [5.74, 6) is -0.264. The van der Waals surface area contributed by atoms with Crippen LogP contribution in [0.1, 0.15) is 13.3 Å². The molecule has 0 amide bonds. The summed E-state index contributed by atoms with van der Waals surface area (Å²) in [5, 5.41) is 9.61. The minimum Gasteiger partial charge on any atom is -0.480 e. The second kappa shape index (κ2) is 3.10. The van der Waals surface area contributed by atoms with Gasteiger partial charge >= 0.3 is 0 Å². The van der Waals surface area contributed by atoms with Gasteiger partial charge in [0.2, 0.25) is 5.78 Å². The van der Waals surface area contributed by atoms with E-state index < -0.39 is 5.60 Å². The highest BCUT2D eigenvalue weighted by Gasteiger charge is 2.35. The molecule has 1 N–H and O–H groups in total. The van der Waals surface area contributed by atoms with Gasteiger partial charge in [-0.25, -0.2) is 0 Å². The van der Waals surface area contributed by atoms with E-state index in [4.69, 9.17) is 4.74 Å². The van der Waals surface area contributed by atoms with Gasteiger partial charge in [0, 0.05) is 6.08 Å². The largest absolute Gasteiger partial charge is 0.480 e. The Morgan fingerprint density at radius 2 is 2.55 bits per heavy atom. The molecule has 0 aromatic heterocycles. The van der Waals surface area contributed by atoms with Crippen molar-refractivity contribution in [2.24, 2.45) is 0 Å². The highest BCUT2D eigenvalue weighted by atomic mass is 127. The first-order chi connectivity index (χ1) is 5.08. The van der Waals surface area contributed by atoms with E-state index in [1.807, 2.05) is 22.6 Å². The van der Waals surface area contributed by atoms with Crippen LogP contribution < -0.4 is 0 Å². The van der Waals surface area contributed by atoms with Crippen molar-refractivity contribution < 1.29 is 14.6 Å². The molecule has 4 heteroatoms. The minimum atomic E-state index is -1.28. The van der Waals surface area contributed by atoms with Crippen molar-refractivity contribution in [3.8, 4) is 0 Å². The Balaban J connectivity index is 2.91. The first-order valence-electron chi connectivity index (χ1n) is 3.35. The number of hydrogen-bond acceptors (Lipinski definition) is 3. The Morgan fingerprint density at radius 3 is 3.00 bits per heavy atom. The van der Waals surface area contributed by atoms with Gasteiger partial charge in [-0.1, -0.05) is 6.92 Å².